The molecule has 2 atom stereocenters. The van der Waals surface area contributed by atoms with E-state index in [1.807, 2.05) is 27.7 Å². The van der Waals surface area contributed by atoms with Crippen molar-refractivity contribution in [2.24, 2.45) is 11.8 Å². The SMILES string of the molecule is CC.CC.CCCC1CCCC1C. The Morgan fingerprint density at radius 1 is 1.00 bits per heavy atom. The van der Waals surface area contributed by atoms with Crippen molar-refractivity contribution in [2.45, 2.75) is 73.6 Å². The first kappa shape index (κ1) is 15.5. The molecule has 1 rings (SSSR count). The zero-order valence-electron chi connectivity index (χ0n) is 10.7. The topological polar surface area (TPSA) is 0 Å². The third-order valence-electron chi connectivity index (χ3n) is 2.70. The highest BCUT2D eigenvalue weighted by molar-refractivity contribution is 4.73. The Morgan fingerprint density at radius 3 is 1.85 bits per heavy atom. The van der Waals surface area contributed by atoms with Gasteiger partial charge in [-0.3, -0.25) is 0 Å². The van der Waals surface area contributed by atoms with Crippen molar-refractivity contribution in [1.82, 2.24) is 0 Å². The fourth-order valence-corrected chi connectivity index (χ4v) is 2.02. The van der Waals surface area contributed by atoms with Crippen molar-refractivity contribution < 1.29 is 0 Å². The van der Waals surface area contributed by atoms with E-state index in [0.717, 1.165) is 11.8 Å². The van der Waals surface area contributed by atoms with E-state index in [1.54, 1.807) is 0 Å². The maximum atomic E-state index is 2.41. The smallest absolute Gasteiger partial charge is 0.0389 e. The van der Waals surface area contributed by atoms with E-state index in [1.165, 1.54) is 32.1 Å². The van der Waals surface area contributed by atoms with Crippen LogP contribution in [-0.2, 0) is 0 Å². The first-order valence-electron chi connectivity index (χ1n) is 6.34. The maximum absolute atomic E-state index is 2.41. The second-order valence-corrected chi connectivity index (χ2v) is 3.46. The highest BCUT2D eigenvalue weighted by Gasteiger charge is 2.21. The summed E-state index contributed by atoms with van der Waals surface area (Å²) >= 11 is 0. The van der Waals surface area contributed by atoms with Crippen molar-refractivity contribution in [3.8, 4) is 0 Å². The van der Waals surface area contributed by atoms with E-state index in [2.05, 4.69) is 13.8 Å². The molecule has 0 radical (unpaired) electrons. The van der Waals surface area contributed by atoms with E-state index in [0.29, 0.717) is 0 Å². The van der Waals surface area contributed by atoms with Gasteiger partial charge in [0.15, 0.2) is 0 Å². The van der Waals surface area contributed by atoms with Gasteiger partial charge in [0, 0.05) is 0 Å². The molecule has 2 unspecified atom stereocenters. The van der Waals surface area contributed by atoms with Gasteiger partial charge in [0.1, 0.15) is 0 Å². The summed E-state index contributed by atoms with van der Waals surface area (Å²) in [7, 11) is 0. The van der Waals surface area contributed by atoms with Gasteiger partial charge in [-0.15, -0.1) is 0 Å². The summed E-state index contributed by atoms with van der Waals surface area (Å²) in [5.41, 5.74) is 0. The molecule has 1 saturated carbocycles. The van der Waals surface area contributed by atoms with Crippen LogP contribution in [0.1, 0.15) is 73.6 Å². The van der Waals surface area contributed by atoms with Crippen LogP contribution in [0.2, 0.25) is 0 Å². The Bertz CT molecular complexity index is 76.1. The van der Waals surface area contributed by atoms with E-state index >= 15 is 0 Å². The minimum Gasteiger partial charge on any atom is -0.0683 e. The Hall–Kier alpha value is 0. The molecule has 13 heavy (non-hydrogen) atoms. The molecule has 0 heterocycles. The molecule has 0 aliphatic heterocycles. The molecule has 0 N–H and O–H groups in total. The molecule has 0 aromatic carbocycles. The van der Waals surface area contributed by atoms with Crippen LogP contribution in [0.15, 0.2) is 0 Å². The van der Waals surface area contributed by atoms with Gasteiger partial charge >= 0.3 is 0 Å². The van der Waals surface area contributed by atoms with Crippen LogP contribution in [0.4, 0.5) is 0 Å². The monoisotopic (exact) mass is 186 g/mol. The first-order chi connectivity index (χ1) is 6.34. The van der Waals surface area contributed by atoms with Gasteiger partial charge in [0.05, 0.1) is 0 Å². The highest BCUT2D eigenvalue weighted by Crippen LogP contribution is 2.33. The van der Waals surface area contributed by atoms with Crippen LogP contribution >= 0.6 is 0 Å². The van der Waals surface area contributed by atoms with Crippen LogP contribution in [0.3, 0.4) is 0 Å². The summed E-state index contributed by atoms with van der Waals surface area (Å²) in [5.74, 6) is 2.11. The summed E-state index contributed by atoms with van der Waals surface area (Å²) in [4.78, 5) is 0. The molecule has 1 aliphatic rings. The van der Waals surface area contributed by atoms with Crippen LogP contribution < -0.4 is 0 Å². The molecule has 0 saturated heterocycles. The Balaban J connectivity index is 0. The van der Waals surface area contributed by atoms with E-state index in [-0.39, 0.29) is 0 Å². The van der Waals surface area contributed by atoms with Gasteiger partial charge < -0.3 is 0 Å². The molecule has 0 bridgehead atoms. The summed E-state index contributed by atoms with van der Waals surface area (Å²) in [6, 6.07) is 0. The van der Waals surface area contributed by atoms with Gasteiger partial charge in [-0.2, -0.15) is 0 Å². The normalized spacial score (nSPS) is 25.4. The summed E-state index contributed by atoms with van der Waals surface area (Å²) in [5, 5.41) is 0. The fraction of sp³-hybridized carbons (Fsp3) is 1.00. The lowest BCUT2D eigenvalue weighted by atomic mass is 9.94. The molecule has 1 aliphatic carbocycles. The Kier molecular flexibility index (Phi) is 14.3. The zero-order chi connectivity index (χ0) is 10.7. The van der Waals surface area contributed by atoms with E-state index in [9.17, 15) is 0 Å². The second kappa shape index (κ2) is 12.0. The van der Waals surface area contributed by atoms with Gasteiger partial charge in [-0.05, 0) is 11.8 Å². The van der Waals surface area contributed by atoms with Gasteiger partial charge in [-0.25, -0.2) is 0 Å². The van der Waals surface area contributed by atoms with Crippen LogP contribution in [0.5, 0.6) is 0 Å². The zero-order valence-corrected chi connectivity index (χ0v) is 10.7. The van der Waals surface area contributed by atoms with Crippen molar-refractivity contribution in [1.29, 1.82) is 0 Å². The van der Waals surface area contributed by atoms with Crippen LogP contribution in [0, 0.1) is 11.8 Å². The quantitative estimate of drug-likeness (QED) is 0.551. The van der Waals surface area contributed by atoms with E-state index < -0.39 is 0 Å². The van der Waals surface area contributed by atoms with Crippen molar-refractivity contribution >= 4 is 0 Å². The maximum Gasteiger partial charge on any atom is -0.0389 e. The fourth-order valence-electron chi connectivity index (χ4n) is 2.02. The molecule has 0 heteroatoms. The predicted octanol–water partition coefficient (Wildman–Crippen LogP) is 5.28. The van der Waals surface area contributed by atoms with Gasteiger partial charge in [0.25, 0.3) is 0 Å². The number of hydrogen-bond acceptors (Lipinski definition) is 0. The van der Waals surface area contributed by atoms with Gasteiger partial charge in [-0.1, -0.05) is 73.6 Å². The molecule has 82 valence electrons. The van der Waals surface area contributed by atoms with Gasteiger partial charge in [0.2, 0.25) is 0 Å². The molecule has 0 aromatic rings. The minimum atomic E-state index is 1.03. The third-order valence-corrected chi connectivity index (χ3v) is 2.70. The molecule has 0 amide bonds. The summed E-state index contributed by atoms with van der Waals surface area (Å²) in [6.45, 7) is 12.7. The van der Waals surface area contributed by atoms with Crippen LogP contribution in [0.25, 0.3) is 0 Å². The molecule has 0 aromatic heterocycles. The van der Waals surface area contributed by atoms with Crippen molar-refractivity contribution in [3.63, 3.8) is 0 Å². The Morgan fingerprint density at radius 2 is 1.54 bits per heavy atom. The lowest BCUT2D eigenvalue weighted by Gasteiger charge is -2.12. The van der Waals surface area contributed by atoms with Crippen molar-refractivity contribution in [2.75, 3.05) is 0 Å². The molecular weight excluding hydrogens is 156 g/mol. The summed E-state index contributed by atoms with van der Waals surface area (Å²) in [6.07, 6.45) is 7.35. The predicted molar refractivity (Wildman–Crippen MR) is 64.1 cm³/mol. The highest BCUT2D eigenvalue weighted by atomic mass is 14.3. The first-order valence-corrected chi connectivity index (χ1v) is 6.34. The molecular formula is C13H30. The lowest BCUT2D eigenvalue weighted by molar-refractivity contribution is 0.388. The average Bonchev–Trinajstić information content (AvgIpc) is 2.60. The standard InChI is InChI=1S/C9H18.2C2H6/c1-3-5-9-7-4-6-8(9)2;2*1-2/h8-9H,3-7H2,1-2H3;2*1-2H3. The molecule has 0 spiro atoms. The van der Waals surface area contributed by atoms with Crippen LogP contribution in [-0.4, -0.2) is 0 Å². The third kappa shape index (κ3) is 7.10. The number of rotatable bonds is 2. The molecule has 1 fully saturated rings. The van der Waals surface area contributed by atoms with E-state index in [4.69, 9.17) is 0 Å². The summed E-state index contributed by atoms with van der Waals surface area (Å²) < 4.78 is 0. The average molecular weight is 186 g/mol. The minimum absolute atomic E-state index is 1.03. The lowest BCUT2D eigenvalue weighted by Crippen LogP contribution is -2.02. The van der Waals surface area contributed by atoms with Crippen molar-refractivity contribution in [3.05, 3.63) is 0 Å². The largest absolute Gasteiger partial charge is 0.0683 e. The second-order valence-electron chi connectivity index (χ2n) is 3.46. The molecule has 0 nitrogen and oxygen atoms in total. The Labute approximate surface area is 86.1 Å². The number of hydrogen-bond donors (Lipinski definition) is 0.